The van der Waals surface area contributed by atoms with E-state index in [1.54, 1.807) is 0 Å². The number of aromatic nitrogens is 2. The highest BCUT2D eigenvalue weighted by Crippen LogP contribution is 2.25. The van der Waals surface area contributed by atoms with Crippen LogP contribution in [-0.2, 0) is 9.59 Å². The third-order valence-electron chi connectivity index (χ3n) is 5.33. The van der Waals surface area contributed by atoms with Crippen LogP contribution in [0.15, 0.2) is 42.5 Å². The molecule has 1 unspecified atom stereocenters. The Labute approximate surface area is 189 Å². The van der Waals surface area contributed by atoms with E-state index in [-0.39, 0.29) is 17.7 Å². The van der Waals surface area contributed by atoms with E-state index in [2.05, 4.69) is 38.4 Å². The van der Waals surface area contributed by atoms with Gasteiger partial charge < -0.3 is 21.3 Å². The number of anilines is 2. The number of allylic oxidation sites excluding steroid dienone is 2. The Morgan fingerprint density at radius 1 is 0.938 bits per heavy atom. The first kappa shape index (κ1) is 23.2. The zero-order valence-electron chi connectivity index (χ0n) is 18.8. The van der Waals surface area contributed by atoms with Crippen LogP contribution in [0.3, 0.4) is 0 Å². The number of nitrogens with zero attached hydrogens (tertiary/aromatic N) is 2. The fourth-order valence-corrected chi connectivity index (χ4v) is 3.54. The van der Waals surface area contributed by atoms with Crippen molar-refractivity contribution in [1.82, 2.24) is 20.6 Å². The van der Waals surface area contributed by atoms with E-state index in [9.17, 15) is 9.59 Å². The van der Waals surface area contributed by atoms with Gasteiger partial charge in [-0.15, -0.1) is 0 Å². The van der Waals surface area contributed by atoms with Crippen LogP contribution in [0.2, 0.25) is 0 Å². The van der Waals surface area contributed by atoms with Gasteiger partial charge in [0, 0.05) is 50.1 Å². The van der Waals surface area contributed by atoms with Crippen LogP contribution < -0.4 is 21.3 Å². The summed E-state index contributed by atoms with van der Waals surface area (Å²) in [5, 5.41) is 12.4. The lowest BCUT2D eigenvalue weighted by Gasteiger charge is -2.18. The minimum absolute atomic E-state index is 0.0650. The second-order valence-electron chi connectivity index (χ2n) is 7.84. The van der Waals surface area contributed by atoms with Crippen molar-refractivity contribution in [2.75, 3.05) is 36.8 Å². The molecule has 1 aromatic heterocycles. The van der Waals surface area contributed by atoms with Crippen LogP contribution in [-0.4, -0.2) is 48.0 Å². The lowest BCUT2D eigenvalue weighted by Crippen LogP contribution is -2.34. The van der Waals surface area contributed by atoms with Crippen LogP contribution in [0.1, 0.15) is 31.7 Å². The predicted molar refractivity (Wildman–Crippen MR) is 127 cm³/mol. The number of nitrogens with one attached hydrogen (secondary N) is 4. The maximum atomic E-state index is 12.3. The third kappa shape index (κ3) is 6.80. The van der Waals surface area contributed by atoms with E-state index in [0.717, 1.165) is 36.2 Å². The number of hydrogen-bond acceptors (Lipinski definition) is 6. The maximum absolute atomic E-state index is 12.3. The fourth-order valence-electron chi connectivity index (χ4n) is 3.54. The number of rotatable bonds is 10. The molecule has 0 saturated heterocycles. The van der Waals surface area contributed by atoms with Crippen molar-refractivity contribution in [3.8, 4) is 11.4 Å². The highest BCUT2D eigenvalue weighted by atomic mass is 16.2. The molecule has 2 amide bonds. The summed E-state index contributed by atoms with van der Waals surface area (Å²) in [7, 11) is 0. The van der Waals surface area contributed by atoms with E-state index in [1.807, 2.05) is 37.3 Å². The molecule has 1 aliphatic rings. The van der Waals surface area contributed by atoms with Crippen molar-refractivity contribution in [2.24, 2.45) is 5.92 Å². The van der Waals surface area contributed by atoms with Crippen LogP contribution in [0, 0.1) is 12.8 Å². The van der Waals surface area contributed by atoms with Gasteiger partial charge in [0.25, 0.3) is 0 Å². The van der Waals surface area contributed by atoms with Crippen LogP contribution in [0.5, 0.6) is 0 Å². The molecule has 0 bridgehead atoms. The molecule has 0 radical (unpaired) electrons. The Bertz CT molecular complexity index is 945. The average molecular weight is 437 g/mol. The van der Waals surface area contributed by atoms with Gasteiger partial charge in [0.2, 0.25) is 11.8 Å². The van der Waals surface area contributed by atoms with E-state index < -0.39 is 0 Å². The maximum Gasteiger partial charge on any atom is 0.223 e. The smallest absolute Gasteiger partial charge is 0.223 e. The molecule has 1 aliphatic carbocycles. The standard InChI is InChI=1S/C24H32N6O2/c1-17-21(26-14-13-25-18(2)31)29-23(19-9-5-3-6-10-19)30-22(17)27-15-16-28-24(32)20-11-7-4-8-12-20/h3-7,9-10,20H,8,11-16H2,1-2H3,(H,25,31)(H,28,32)(H2,26,27,29,30). The monoisotopic (exact) mass is 436 g/mol. The zero-order chi connectivity index (χ0) is 22.8. The summed E-state index contributed by atoms with van der Waals surface area (Å²) in [6.07, 6.45) is 6.92. The molecule has 0 aliphatic heterocycles. The SMILES string of the molecule is CC(=O)NCCNc1nc(-c2ccccc2)nc(NCCNC(=O)C2CC=CCC2)c1C. The van der Waals surface area contributed by atoms with Crippen molar-refractivity contribution in [1.29, 1.82) is 0 Å². The van der Waals surface area contributed by atoms with Crippen molar-refractivity contribution in [3.63, 3.8) is 0 Å². The molecule has 32 heavy (non-hydrogen) atoms. The first-order valence-corrected chi connectivity index (χ1v) is 11.1. The van der Waals surface area contributed by atoms with Crippen molar-refractivity contribution >= 4 is 23.5 Å². The number of benzene rings is 1. The number of carbonyl (C=O) groups is 2. The summed E-state index contributed by atoms with van der Waals surface area (Å²) < 4.78 is 0. The van der Waals surface area contributed by atoms with Gasteiger partial charge in [-0.3, -0.25) is 9.59 Å². The summed E-state index contributed by atoms with van der Waals surface area (Å²) in [6, 6.07) is 9.79. The topological polar surface area (TPSA) is 108 Å². The van der Waals surface area contributed by atoms with Crippen molar-refractivity contribution < 1.29 is 9.59 Å². The molecule has 170 valence electrons. The molecule has 8 nitrogen and oxygen atoms in total. The van der Waals surface area contributed by atoms with Crippen LogP contribution in [0.4, 0.5) is 11.6 Å². The van der Waals surface area contributed by atoms with Crippen molar-refractivity contribution in [2.45, 2.75) is 33.1 Å². The minimum atomic E-state index is -0.0650. The average Bonchev–Trinajstić information content (AvgIpc) is 2.82. The van der Waals surface area contributed by atoms with E-state index in [4.69, 9.17) is 4.98 Å². The Kier molecular flexibility index (Phi) is 8.60. The van der Waals surface area contributed by atoms with Gasteiger partial charge in [0.15, 0.2) is 5.82 Å². The van der Waals surface area contributed by atoms with Crippen LogP contribution >= 0.6 is 0 Å². The number of hydrogen-bond donors (Lipinski definition) is 4. The summed E-state index contributed by atoms with van der Waals surface area (Å²) in [5.41, 5.74) is 1.80. The van der Waals surface area contributed by atoms with Gasteiger partial charge in [-0.05, 0) is 26.2 Å². The molecular formula is C24H32N6O2. The van der Waals surface area contributed by atoms with Gasteiger partial charge in [-0.2, -0.15) is 0 Å². The molecule has 8 heteroatoms. The van der Waals surface area contributed by atoms with Gasteiger partial charge in [-0.1, -0.05) is 42.5 Å². The van der Waals surface area contributed by atoms with Crippen LogP contribution in [0.25, 0.3) is 11.4 Å². The molecule has 0 saturated carbocycles. The number of carbonyl (C=O) groups excluding carboxylic acids is 2. The molecule has 1 atom stereocenters. The second-order valence-corrected chi connectivity index (χ2v) is 7.84. The van der Waals surface area contributed by atoms with Gasteiger partial charge >= 0.3 is 0 Å². The summed E-state index contributed by atoms with van der Waals surface area (Å²) in [4.78, 5) is 32.8. The Balaban J connectivity index is 1.64. The normalized spacial score (nSPS) is 15.1. The molecule has 2 aromatic rings. The molecule has 0 spiro atoms. The lowest BCUT2D eigenvalue weighted by atomic mass is 9.94. The van der Waals surface area contributed by atoms with Gasteiger partial charge in [0.1, 0.15) is 11.6 Å². The molecule has 1 aromatic carbocycles. The first-order chi connectivity index (χ1) is 15.5. The largest absolute Gasteiger partial charge is 0.368 e. The third-order valence-corrected chi connectivity index (χ3v) is 5.33. The fraction of sp³-hybridized carbons (Fsp3) is 0.417. The Morgan fingerprint density at radius 3 is 2.19 bits per heavy atom. The zero-order valence-corrected chi connectivity index (χ0v) is 18.8. The minimum Gasteiger partial charge on any atom is -0.368 e. The second kappa shape index (κ2) is 11.8. The van der Waals surface area contributed by atoms with E-state index in [1.165, 1.54) is 6.92 Å². The quantitative estimate of drug-likeness (QED) is 0.337. The highest BCUT2D eigenvalue weighted by Gasteiger charge is 2.18. The Hall–Kier alpha value is -3.42. The van der Waals surface area contributed by atoms with Crippen molar-refractivity contribution in [3.05, 3.63) is 48.0 Å². The highest BCUT2D eigenvalue weighted by molar-refractivity contribution is 5.79. The molecule has 3 rings (SSSR count). The molecule has 0 fully saturated rings. The molecule has 4 N–H and O–H groups in total. The summed E-state index contributed by atoms with van der Waals surface area (Å²) in [5.74, 6) is 2.16. The van der Waals surface area contributed by atoms with Gasteiger partial charge in [-0.25, -0.2) is 9.97 Å². The Morgan fingerprint density at radius 2 is 1.59 bits per heavy atom. The summed E-state index contributed by atoms with van der Waals surface area (Å²) >= 11 is 0. The predicted octanol–water partition coefficient (Wildman–Crippen LogP) is 2.88. The van der Waals surface area contributed by atoms with Gasteiger partial charge in [0.05, 0.1) is 0 Å². The summed E-state index contributed by atoms with van der Waals surface area (Å²) in [6.45, 7) is 5.59. The lowest BCUT2D eigenvalue weighted by molar-refractivity contribution is -0.125. The first-order valence-electron chi connectivity index (χ1n) is 11.1. The molecule has 1 heterocycles. The van der Waals surface area contributed by atoms with E-state index >= 15 is 0 Å². The molecular weight excluding hydrogens is 404 g/mol. The number of amides is 2. The van der Waals surface area contributed by atoms with E-state index in [0.29, 0.717) is 37.8 Å².